The molecule has 0 unspecified atom stereocenters. The molecule has 2 rings (SSSR count). The largest absolute Gasteiger partial charge is 0.411 e. The molecule has 0 bridgehead atoms. The Bertz CT molecular complexity index is 586. The van der Waals surface area contributed by atoms with Crippen LogP contribution in [0.3, 0.4) is 0 Å². The van der Waals surface area contributed by atoms with Crippen LogP contribution in [0.15, 0.2) is 38.4 Å². The molecule has 1 N–H and O–H groups in total. The van der Waals surface area contributed by atoms with Gasteiger partial charge >= 0.3 is 0 Å². The average molecular weight is 356 g/mol. The van der Waals surface area contributed by atoms with Gasteiger partial charge in [0.15, 0.2) is 0 Å². The number of thioether (sulfide) groups is 1. The highest BCUT2D eigenvalue weighted by Gasteiger charge is 2.17. The maximum Gasteiger partial charge on any atom is 0.277 e. The van der Waals surface area contributed by atoms with Crippen LogP contribution >= 0.6 is 27.7 Å². The van der Waals surface area contributed by atoms with Gasteiger partial charge < -0.3 is 9.73 Å². The molecule has 0 saturated carbocycles. The van der Waals surface area contributed by atoms with Crippen molar-refractivity contribution in [2.24, 2.45) is 0 Å². The van der Waals surface area contributed by atoms with Crippen LogP contribution in [-0.2, 0) is 4.79 Å². The molecule has 7 heteroatoms. The zero-order valence-corrected chi connectivity index (χ0v) is 13.5. The molecule has 0 saturated heterocycles. The second-order valence-corrected chi connectivity index (χ2v) is 6.24. The first kappa shape index (κ1) is 15.1. The normalized spacial score (nSPS) is 12.2. The van der Waals surface area contributed by atoms with E-state index < -0.39 is 0 Å². The fourth-order valence-corrected chi connectivity index (χ4v) is 2.46. The van der Waals surface area contributed by atoms with Gasteiger partial charge in [-0.15, -0.1) is 10.2 Å². The first-order valence-electron chi connectivity index (χ1n) is 6.14. The molecule has 5 nitrogen and oxygen atoms in total. The van der Waals surface area contributed by atoms with Crippen LogP contribution in [0.1, 0.15) is 13.8 Å². The topological polar surface area (TPSA) is 68.0 Å². The summed E-state index contributed by atoms with van der Waals surface area (Å²) in [5.41, 5.74) is 0.846. The quantitative estimate of drug-likeness (QED) is 0.834. The van der Waals surface area contributed by atoms with Crippen molar-refractivity contribution in [2.45, 2.75) is 24.3 Å². The van der Waals surface area contributed by atoms with Gasteiger partial charge in [0.25, 0.3) is 5.22 Å². The van der Waals surface area contributed by atoms with Crippen LogP contribution < -0.4 is 5.32 Å². The van der Waals surface area contributed by atoms with E-state index in [0.717, 1.165) is 10.0 Å². The Balaban J connectivity index is 2.05. The van der Waals surface area contributed by atoms with Crippen LogP contribution in [0.4, 0.5) is 0 Å². The fourth-order valence-electron chi connectivity index (χ4n) is 1.49. The van der Waals surface area contributed by atoms with E-state index in [1.54, 1.807) is 6.92 Å². The number of benzene rings is 1. The van der Waals surface area contributed by atoms with Gasteiger partial charge in [-0.1, -0.05) is 27.7 Å². The SMILES string of the molecule is CCNC(=O)[C@@H](C)Sc1nnc(-c2ccc(Br)cc2)o1. The number of hydrogen-bond acceptors (Lipinski definition) is 5. The van der Waals surface area contributed by atoms with Gasteiger partial charge in [0.05, 0.1) is 5.25 Å². The third kappa shape index (κ3) is 3.83. The van der Waals surface area contributed by atoms with Crippen LogP contribution in [0, 0.1) is 0 Å². The van der Waals surface area contributed by atoms with Gasteiger partial charge in [-0.3, -0.25) is 4.79 Å². The lowest BCUT2D eigenvalue weighted by molar-refractivity contribution is -0.120. The van der Waals surface area contributed by atoms with Crippen molar-refractivity contribution in [3.05, 3.63) is 28.7 Å². The summed E-state index contributed by atoms with van der Waals surface area (Å²) < 4.78 is 6.54. The van der Waals surface area contributed by atoms with Crippen molar-refractivity contribution in [1.29, 1.82) is 0 Å². The fraction of sp³-hybridized carbons (Fsp3) is 0.308. The van der Waals surface area contributed by atoms with Crippen molar-refractivity contribution >= 4 is 33.6 Å². The van der Waals surface area contributed by atoms with Gasteiger partial charge in [-0.2, -0.15) is 0 Å². The van der Waals surface area contributed by atoms with Crippen LogP contribution in [0.25, 0.3) is 11.5 Å². The number of nitrogens with one attached hydrogen (secondary N) is 1. The maximum absolute atomic E-state index is 11.6. The number of halogens is 1. The van der Waals surface area contributed by atoms with E-state index in [-0.39, 0.29) is 11.2 Å². The number of carbonyl (C=O) groups is 1. The van der Waals surface area contributed by atoms with Crippen LogP contribution in [0.2, 0.25) is 0 Å². The summed E-state index contributed by atoms with van der Waals surface area (Å²) in [6.45, 7) is 4.30. The Kier molecular flexibility index (Phi) is 5.19. The van der Waals surface area contributed by atoms with E-state index in [0.29, 0.717) is 17.7 Å². The molecule has 0 aliphatic carbocycles. The highest BCUT2D eigenvalue weighted by molar-refractivity contribution is 9.10. The predicted octanol–water partition coefficient (Wildman–Crippen LogP) is 3.12. The average Bonchev–Trinajstić information content (AvgIpc) is 2.88. The van der Waals surface area contributed by atoms with Gasteiger partial charge in [-0.05, 0) is 38.1 Å². The molecule has 1 heterocycles. The summed E-state index contributed by atoms with van der Waals surface area (Å²) in [6.07, 6.45) is 0. The molecule has 2 aromatic rings. The lowest BCUT2D eigenvalue weighted by Crippen LogP contribution is -2.30. The minimum atomic E-state index is -0.270. The first-order valence-corrected chi connectivity index (χ1v) is 7.81. The van der Waals surface area contributed by atoms with E-state index in [4.69, 9.17) is 4.42 Å². The summed E-state index contributed by atoms with van der Waals surface area (Å²) in [6, 6.07) is 7.59. The molecule has 0 spiro atoms. The second-order valence-electron chi connectivity index (χ2n) is 4.03. The smallest absolute Gasteiger partial charge is 0.277 e. The van der Waals surface area contributed by atoms with Crippen molar-refractivity contribution in [3.63, 3.8) is 0 Å². The lowest BCUT2D eigenvalue weighted by atomic mass is 10.2. The van der Waals surface area contributed by atoms with Crippen LogP contribution in [0.5, 0.6) is 0 Å². The third-order valence-electron chi connectivity index (χ3n) is 2.50. The van der Waals surface area contributed by atoms with Gasteiger partial charge in [0.2, 0.25) is 11.8 Å². The van der Waals surface area contributed by atoms with Gasteiger partial charge in [0, 0.05) is 16.6 Å². The molecule has 20 heavy (non-hydrogen) atoms. The molecule has 1 amide bonds. The summed E-state index contributed by atoms with van der Waals surface area (Å²) in [4.78, 5) is 11.6. The molecule has 1 aromatic carbocycles. The summed E-state index contributed by atoms with van der Waals surface area (Å²) in [5, 5.41) is 10.8. The van der Waals surface area contributed by atoms with Crippen LogP contribution in [-0.4, -0.2) is 27.9 Å². The Labute approximate surface area is 129 Å². The molecule has 1 aromatic heterocycles. The monoisotopic (exact) mass is 355 g/mol. The number of nitrogens with zero attached hydrogens (tertiary/aromatic N) is 2. The summed E-state index contributed by atoms with van der Waals surface area (Å²) in [5.74, 6) is 0.406. The summed E-state index contributed by atoms with van der Waals surface area (Å²) >= 11 is 4.62. The van der Waals surface area contributed by atoms with E-state index >= 15 is 0 Å². The minimum Gasteiger partial charge on any atom is -0.411 e. The molecular formula is C13H14BrN3O2S. The Morgan fingerprint density at radius 1 is 1.40 bits per heavy atom. The zero-order valence-electron chi connectivity index (χ0n) is 11.1. The Morgan fingerprint density at radius 2 is 2.10 bits per heavy atom. The molecule has 1 atom stereocenters. The van der Waals surface area contributed by atoms with Crippen molar-refractivity contribution in [2.75, 3.05) is 6.54 Å². The minimum absolute atomic E-state index is 0.0408. The predicted molar refractivity (Wildman–Crippen MR) is 81.4 cm³/mol. The van der Waals surface area contributed by atoms with Crippen molar-refractivity contribution < 1.29 is 9.21 Å². The lowest BCUT2D eigenvalue weighted by Gasteiger charge is -2.07. The number of hydrogen-bond donors (Lipinski definition) is 1. The second kappa shape index (κ2) is 6.90. The summed E-state index contributed by atoms with van der Waals surface area (Å²) in [7, 11) is 0. The van der Waals surface area contributed by atoms with E-state index in [2.05, 4.69) is 31.4 Å². The Morgan fingerprint density at radius 3 is 2.75 bits per heavy atom. The molecule has 0 aliphatic heterocycles. The number of amides is 1. The highest BCUT2D eigenvalue weighted by Crippen LogP contribution is 2.26. The van der Waals surface area contributed by atoms with E-state index in [9.17, 15) is 4.79 Å². The maximum atomic E-state index is 11.6. The third-order valence-corrected chi connectivity index (χ3v) is 3.96. The molecule has 0 aliphatic rings. The molecule has 0 radical (unpaired) electrons. The first-order chi connectivity index (χ1) is 9.60. The standard InChI is InChI=1S/C13H14BrN3O2S/c1-3-15-11(18)8(2)20-13-17-16-12(19-13)9-4-6-10(14)7-5-9/h4-8H,3H2,1-2H3,(H,15,18)/t8-/m1/s1. The zero-order chi connectivity index (χ0) is 14.5. The van der Waals surface area contributed by atoms with Crippen molar-refractivity contribution in [1.82, 2.24) is 15.5 Å². The Hall–Kier alpha value is -1.34. The number of rotatable bonds is 5. The molecule has 106 valence electrons. The molecule has 0 fully saturated rings. The number of carbonyl (C=O) groups excluding carboxylic acids is 1. The molecular weight excluding hydrogens is 342 g/mol. The number of aromatic nitrogens is 2. The van der Waals surface area contributed by atoms with E-state index in [1.807, 2.05) is 31.2 Å². The van der Waals surface area contributed by atoms with Gasteiger partial charge in [-0.25, -0.2) is 0 Å². The highest BCUT2D eigenvalue weighted by atomic mass is 79.9. The van der Waals surface area contributed by atoms with Crippen molar-refractivity contribution in [3.8, 4) is 11.5 Å². The van der Waals surface area contributed by atoms with E-state index in [1.165, 1.54) is 11.8 Å². The van der Waals surface area contributed by atoms with Gasteiger partial charge in [0.1, 0.15) is 0 Å².